The van der Waals surface area contributed by atoms with Crippen LogP contribution in [0, 0.1) is 0 Å². The average molecular weight is 449 g/mol. The number of hydrogen-bond acceptors (Lipinski definition) is 4. The van der Waals surface area contributed by atoms with Gasteiger partial charge in [-0.2, -0.15) is 0 Å². The second kappa shape index (κ2) is 10.0. The van der Waals surface area contributed by atoms with E-state index in [0.29, 0.717) is 13.2 Å². The third-order valence-electron chi connectivity index (χ3n) is 6.58. The number of benzene rings is 1. The van der Waals surface area contributed by atoms with Crippen LogP contribution in [0.15, 0.2) is 30.3 Å². The molecule has 1 fully saturated rings. The molecule has 0 spiro atoms. The van der Waals surface area contributed by atoms with Crippen LogP contribution < -0.4 is 0 Å². The van der Waals surface area contributed by atoms with E-state index in [1.807, 2.05) is 25.7 Å². The Labute approximate surface area is 191 Å². The molecule has 176 valence electrons. The number of nitrogens with zero attached hydrogens (tertiary/aromatic N) is 2. The van der Waals surface area contributed by atoms with Crippen LogP contribution in [0.2, 0.25) is 18.1 Å². The third kappa shape index (κ3) is 7.33. The van der Waals surface area contributed by atoms with Crippen LogP contribution in [0.1, 0.15) is 60.5 Å². The standard InChI is InChI=1S/C25H44N2O3Si/c1-10-21-17-26(16-20-14-12-11-13-15-20)22(19-29-31(8,9)25(5,6)7)18-27(21)23(28)30-24(2,3)4/h11-15,21-22H,10,16-19H2,1-9H3/t21-,22+/m0/s1. The van der Waals surface area contributed by atoms with Gasteiger partial charge in [0.2, 0.25) is 0 Å². The smallest absolute Gasteiger partial charge is 0.410 e. The molecule has 1 heterocycles. The predicted octanol–water partition coefficient (Wildman–Crippen LogP) is 5.91. The zero-order valence-corrected chi connectivity index (χ0v) is 22.2. The van der Waals surface area contributed by atoms with E-state index in [2.05, 4.69) is 76.0 Å². The SMILES string of the molecule is CC[C@H]1CN(Cc2ccccc2)[C@@H](CO[Si](C)(C)C(C)(C)C)CN1C(=O)OC(C)(C)C. The van der Waals surface area contributed by atoms with Crippen molar-refractivity contribution in [3.8, 4) is 0 Å². The molecule has 2 atom stereocenters. The molecule has 0 aliphatic carbocycles. The maximum atomic E-state index is 13.0. The predicted molar refractivity (Wildman–Crippen MR) is 131 cm³/mol. The fraction of sp³-hybridized carbons (Fsp3) is 0.720. The van der Waals surface area contributed by atoms with Gasteiger partial charge < -0.3 is 14.1 Å². The maximum absolute atomic E-state index is 13.0. The van der Waals surface area contributed by atoms with Crippen LogP contribution in [0.3, 0.4) is 0 Å². The molecule has 6 heteroatoms. The van der Waals surface area contributed by atoms with Gasteiger partial charge in [0.15, 0.2) is 8.32 Å². The fourth-order valence-electron chi connectivity index (χ4n) is 3.59. The largest absolute Gasteiger partial charge is 0.444 e. The first kappa shape index (κ1) is 25.9. The quantitative estimate of drug-likeness (QED) is 0.508. The van der Waals surface area contributed by atoms with Crippen molar-refractivity contribution in [2.45, 2.75) is 97.2 Å². The molecule has 1 aromatic carbocycles. The van der Waals surface area contributed by atoms with Gasteiger partial charge in [0.1, 0.15) is 5.60 Å². The molecule has 1 aromatic rings. The van der Waals surface area contributed by atoms with Gasteiger partial charge >= 0.3 is 6.09 Å². The molecule has 1 aliphatic rings. The van der Waals surface area contributed by atoms with Crippen molar-refractivity contribution in [2.24, 2.45) is 0 Å². The summed E-state index contributed by atoms with van der Waals surface area (Å²) in [5.41, 5.74) is 0.796. The summed E-state index contributed by atoms with van der Waals surface area (Å²) in [4.78, 5) is 17.4. The monoisotopic (exact) mass is 448 g/mol. The van der Waals surface area contributed by atoms with Gasteiger partial charge in [-0.3, -0.25) is 4.90 Å². The van der Waals surface area contributed by atoms with E-state index in [-0.39, 0.29) is 23.2 Å². The normalized spacial score (nSPS) is 21.3. The number of ether oxygens (including phenoxy) is 1. The molecule has 0 unspecified atom stereocenters. The Hall–Kier alpha value is -1.37. The molecule has 0 radical (unpaired) electrons. The Balaban J connectivity index is 2.23. The molecule has 0 N–H and O–H groups in total. The van der Waals surface area contributed by atoms with Crippen molar-refractivity contribution in [2.75, 3.05) is 19.7 Å². The minimum absolute atomic E-state index is 0.141. The Bertz CT molecular complexity index is 710. The van der Waals surface area contributed by atoms with Gasteiger partial charge in [0, 0.05) is 31.7 Å². The van der Waals surface area contributed by atoms with Crippen LogP contribution >= 0.6 is 0 Å². The maximum Gasteiger partial charge on any atom is 0.410 e. The van der Waals surface area contributed by atoms with Crippen molar-refractivity contribution in [3.05, 3.63) is 35.9 Å². The summed E-state index contributed by atoms with van der Waals surface area (Å²) in [5, 5.41) is 0.155. The molecule has 2 rings (SSSR count). The highest BCUT2D eigenvalue weighted by Crippen LogP contribution is 2.37. The molecule has 1 saturated heterocycles. The first-order valence-corrected chi connectivity index (χ1v) is 14.6. The van der Waals surface area contributed by atoms with Gasteiger partial charge in [-0.1, -0.05) is 58.0 Å². The minimum atomic E-state index is -1.88. The van der Waals surface area contributed by atoms with E-state index in [9.17, 15) is 4.79 Å². The van der Waals surface area contributed by atoms with E-state index < -0.39 is 13.9 Å². The van der Waals surface area contributed by atoms with Crippen molar-refractivity contribution in [3.63, 3.8) is 0 Å². The molecule has 1 aliphatic heterocycles. The van der Waals surface area contributed by atoms with E-state index >= 15 is 0 Å². The van der Waals surface area contributed by atoms with Gasteiger partial charge in [0.25, 0.3) is 0 Å². The summed E-state index contributed by atoms with van der Waals surface area (Å²) in [7, 11) is -1.88. The Morgan fingerprint density at radius 2 is 1.65 bits per heavy atom. The molecular weight excluding hydrogens is 404 g/mol. The Kier molecular flexibility index (Phi) is 8.39. The molecule has 0 bridgehead atoms. The van der Waals surface area contributed by atoms with Gasteiger partial charge in [-0.25, -0.2) is 4.79 Å². The topological polar surface area (TPSA) is 42.0 Å². The van der Waals surface area contributed by atoms with Gasteiger partial charge in [0.05, 0.1) is 6.61 Å². The van der Waals surface area contributed by atoms with E-state index in [1.165, 1.54) is 5.56 Å². The van der Waals surface area contributed by atoms with Crippen molar-refractivity contribution < 1.29 is 14.0 Å². The number of piperazine rings is 1. The van der Waals surface area contributed by atoms with E-state index in [4.69, 9.17) is 9.16 Å². The lowest BCUT2D eigenvalue weighted by Crippen LogP contribution is -2.61. The highest BCUT2D eigenvalue weighted by atomic mass is 28.4. The highest BCUT2D eigenvalue weighted by Gasteiger charge is 2.41. The minimum Gasteiger partial charge on any atom is -0.444 e. The Morgan fingerprint density at radius 1 is 1.03 bits per heavy atom. The van der Waals surface area contributed by atoms with Crippen molar-refractivity contribution in [1.29, 1.82) is 0 Å². The molecule has 31 heavy (non-hydrogen) atoms. The zero-order valence-electron chi connectivity index (χ0n) is 21.2. The number of carbonyl (C=O) groups is 1. The molecule has 5 nitrogen and oxygen atoms in total. The second-order valence-corrected chi connectivity index (χ2v) is 16.1. The van der Waals surface area contributed by atoms with Gasteiger partial charge in [-0.05, 0) is 50.9 Å². The molecular formula is C25H44N2O3Si. The van der Waals surface area contributed by atoms with Crippen LogP contribution in [0.5, 0.6) is 0 Å². The van der Waals surface area contributed by atoms with Crippen LogP contribution in [-0.4, -0.2) is 61.6 Å². The van der Waals surface area contributed by atoms with Gasteiger partial charge in [-0.15, -0.1) is 0 Å². The summed E-state index contributed by atoms with van der Waals surface area (Å²) >= 11 is 0. The van der Waals surface area contributed by atoms with Crippen molar-refractivity contribution >= 4 is 14.4 Å². The summed E-state index contributed by atoms with van der Waals surface area (Å²) in [6.07, 6.45) is 0.691. The second-order valence-electron chi connectivity index (χ2n) is 11.3. The van der Waals surface area contributed by atoms with Crippen LogP contribution in [0.25, 0.3) is 0 Å². The number of hydrogen-bond donors (Lipinski definition) is 0. The zero-order chi connectivity index (χ0) is 23.4. The first-order chi connectivity index (χ1) is 14.2. The molecule has 0 saturated carbocycles. The summed E-state index contributed by atoms with van der Waals surface area (Å²) in [6.45, 7) is 22.3. The molecule has 0 aromatic heterocycles. The number of carbonyl (C=O) groups excluding carboxylic acids is 1. The highest BCUT2D eigenvalue weighted by molar-refractivity contribution is 6.74. The average Bonchev–Trinajstić information content (AvgIpc) is 2.65. The number of amides is 1. The first-order valence-electron chi connectivity index (χ1n) is 11.6. The number of rotatable bonds is 6. The third-order valence-corrected chi connectivity index (χ3v) is 11.1. The Morgan fingerprint density at radius 3 is 2.16 bits per heavy atom. The van der Waals surface area contributed by atoms with E-state index in [0.717, 1.165) is 19.5 Å². The summed E-state index contributed by atoms with van der Waals surface area (Å²) < 4.78 is 12.4. The van der Waals surface area contributed by atoms with Crippen LogP contribution in [-0.2, 0) is 15.7 Å². The lowest BCUT2D eigenvalue weighted by Gasteiger charge is -2.47. The lowest BCUT2D eigenvalue weighted by molar-refractivity contribution is -0.0271. The lowest BCUT2D eigenvalue weighted by atomic mass is 10.0. The van der Waals surface area contributed by atoms with Crippen molar-refractivity contribution in [1.82, 2.24) is 9.80 Å². The molecule has 1 amide bonds. The summed E-state index contributed by atoms with van der Waals surface area (Å²) in [5.74, 6) is 0. The van der Waals surface area contributed by atoms with Crippen LogP contribution in [0.4, 0.5) is 4.79 Å². The van der Waals surface area contributed by atoms with E-state index in [1.54, 1.807) is 0 Å². The fourth-order valence-corrected chi connectivity index (χ4v) is 4.64. The summed E-state index contributed by atoms with van der Waals surface area (Å²) in [6, 6.07) is 10.9.